The van der Waals surface area contributed by atoms with E-state index in [1.807, 2.05) is 59.3 Å². The molecule has 0 amide bonds. The lowest BCUT2D eigenvalue weighted by Crippen LogP contribution is -2.38. The second-order valence-corrected chi connectivity index (χ2v) is 9.14. The first-order valence-electron chi connectivity index (χ1n) is 9.56. The molecule has 4 rings (SSSR count). The van der Waals surface area contributed by atoms with E-state index in [0.29, 0.717) is 10.2 Å². The lowest BCUT2D eigenvalue weighted by atomic mass is 9.77. The molecule has 3 aromatic carbocycles. The fourth-order valence-corrected chi connectivity index (χ4v) is 5.16. The van der Waals surface area contributed by atoms with Gasteiger partial charge in [0.15, 0.2) is 5.12 Å². The summed E-state index contributed by atoms with van der Waals surface area (Å²) in [5.41, 5.74) is 2.63. The van der Waals surface area contributed by atoms with Gasteiger partial charge in [-0.15, -0.1) is 5.10 Å². The Kier molecular flexibility index (Phi) is 6.35. The van der Waals surface area contributed by atoms with Crippen LogP contribution in [-0.2, 0) is 10.3 Å². The number of carbonyl (C=O) groups excluding carboxylic acids is 1. The summed E-state index contributed by atoms with van der Waals surface area (Å²) in [6, 6.07) is 31.1. The third-order valence-corrected chi connectivity index (χ3v) is 6.63. The summed E-state index contributed by atoms with van der Waals surface area (Å²) < 4.78 is 1.94. The molecule has 4 aromatic rings. The summed E-state index contributed by atoms with van der Waals surface area (Å²) >= 11 is 2.74. The van der Waals surface area contributed by atoms with E-state index in [4.69, 9.17) is 5.10 Å². The Balaban J connectivity index is 1.90. The molecule has 4 nitrogen and oxygen atoms in total. The predicted molar refractivity (Wildman–Crippen MR) is 124 cm³/mol. The summed E-state index contributed by atoms with van der Waals surface area (Å²) in [7, 11) is 0. The minimum atomic E-state index is -0.663. The van der Waals surface area contributed by atoms with Crippen molar-refractivity contribution in [3.8, 4) is 0 Å². The Labute approximate surface area is 184 Å². The highest BCUT2D eigenvalue weighted by atomic mass is 32.2. The smallest absolute Gasteiger partial charge is 0.209 e. The topological polar surface area (TPSA) is 47.8 Å². The molecule has 0 aliphatic heterocycles. The average Bonchev–Trinajstić information content (AvgIpc) is 3.25. The second-order valence-electron chi connectivity index (χ2n) is 6.68. The van der Waals surface area contributed by atoms with Crippen LogP contribution >= 0.6 is 23.5 Å². The highest BCUT2D eigenvalue weighted by Gasteiger charge is 2.39. The number of hydrogen-bond donors (Lipinski definition) is 0. The van der Waals surface area contributed by atoms with Gasteiger partial charge in [0, 0.05) is 6.92 Å². The maximum Gasteiger partial charge on any atom is 0.209 e. The normalized spacial score (nSPS) is 11.4. The molecule has 0 bridgehead atoms. The maximum atomic E-state index is 11.3. The van der Waals surface area contributed by atoms with Gasteiger partial charge in [-0.1, -0.05) is 115 Å². The van der Waals surface area contributed by atoms with Gasteiger partial charge in [0.05, 0.1) is 5.08 Å². The van der Waals surface area contributed by atoms with Crippen molar-refractivity contribution in [1.29, 1.82) is 0 Å². The van der Waals surface area contributed by atoms with Crippen LogP contribution in [-0.4, -0.2) is 25.0 Å². The Morgan fingerprint density at radius 1 is 0.833 bits per heavy atom. The molecule has 0 N–H and O–H groups in total. The van der Waals surface area contributed by atoms with E-state index in [1.54, 1.807) is 13.3 Å². The summed E-state index contributed by atoms with van der Waals surface area (Å²) in [5.74, 6) is 0. The van der Waals surface area contributed by atoms with Gasteiger partial charge in [-0.25, -0.2) is 9.67 Å². The molecule has 0 fully saturated rings. The van der Waals surface area contributed by atoms with Gasteiger partial charge in [0.2, 0.25) is 5.16 Å². The van der Waals surface area contributed by atoms with Crippen LogP contribution in [0.25, 0.3) is 0 Å². The minimum Gasteiger partial charge on any atom is -0.288 e. The molecule has 1 aromatic heterocycles. The van der Waals surface area contributed by atoms with E-state index in [2.05, 4.69) is 41.4 Å². The molecule has 0 aliphatic rings. The van der Waals surface area contributed by atoms with Gasteiger partial charge >= 0.3 is 0 Å². The zero-order chi connectivity index (χ0) is 20.8. The number of hydrogen-bond acceptors (Lipinski definition) is 5. The first-order chi connectivity index (χ1) is 14.7. The summed E-state index contributed by atoms with van der Waals surface area (Å²) in [6.45, 7) is 1.57. The van der Waals surface area contributed by atoms with Crippen molar-refractivity contribution >= 4 is 28.6 Å². The van der Waals surface area contributed by atoms with Crippen molar-refractivity contribution in [2.45, 2.75) is 17.6 Å². The van der Waals surface area contributed by atoms with Crippen molar-refractivity contribution in [3.63, 3.8) is 0 Å². The van der Waals surface area contributed by atoms with Gasteiger partial charge in [-0.2, -0.15) is 0 Å². The molecule has 0 radical (unpaired) electrons. The van der Waals surface area contributed by atoms with Crippen LogP contribution in [0.3, 0.4) is 0 Å². The van der Waals surface area contributed by atoms with Crippen LogP contribution in [0.5, 0.6) is 0 Å². The number of aromatic nitrogens is 3. The Hall–Kier alpha value is -2.83. The van der Waals surface area contributed by atoms with Crippen LogP contribution < -0.4 is 0 Å². The molecular weight excluding hydrogens is 410 g/mol. The van der Waals surface area contributed by atoms with E-state index in [0.717, 1.165) is 16.7 Å². The monoisotopic (exact) mass is 431 g/mol. The molecule has 150 valence electrons. The molecule has 0 spiro atoms. The van der Waals surface area contributed by atoms with Crippen LogP contribution in [0.2, 0.25) is 0 Å². The van der Waals surface area contributed by atoms with Crippen molar-refractivity contribution in [3.05, 3.63) is 114 Å². The number of benzene rings is 3. The number of thioether (sulfide) groups is 2. The Bertz CT molecular complexity index is 1000. The summed E-state index contributed by atoms with van der Waals surface area (Å²) in [5, 5.41) is 6.19. The first kappa shape index (κ1) is 20.4. The third-order valence-electron chi connectivity index (χ3n) is 4.84. The summed E-state index contributed by atoms with van der Waals surface area (Å²) in [4.78, 5) is 15.8. The van der Waals surface area contributed by atoms with Crippen molar-refractivity contribution in [2.75, 3.05) is 5.08 Å². The maximum absolute atomic E-state index is 11.3. The Morgan fingerprint density at radius 2 is 1.30 bits per heavy atom. The Morgan fingerprint density at radius 3 is 1.73 bits per heavy atom. The highest BCUT2D eigenvalue weighted by molar-refractivity contribution is 8.23. The van der Waals surface area contributed by atoms with Crippen molar-refractivity contribution in [1.82, 2.24) is 14.8 Å². The van der Waals surface area contributed by atoms with Gasteiger partial charge in [0.1, 0.15) is 11.9 Å². The number of rotatable bonds is 7. The largest absolute Gasteiger partial charge is 0.288 e. The SMILES string of the molecule is CC(=O)SCSc1ncn(C(c2ccccc2)(c2ccccc2)c2ccccc2)n1. The third kappa shape index (κ3) is 4.06. The van der Waals surface area contributed by atoms with Crippen molar-refractivity contribution < 1.29 is 4.79 Å². The molecule has 0 unspecified atom stereocenters. The van der Waals surface area contributed by atoms with E-state index < -0.39 is 5.54 Å². The molecule has 30 heavy (non-hydrogen) atoms. The van der Waals surface area contributed by atoms with Gasteiger partial charge < -0.3 is 0 Å². The molecule has 1 heterocycles. The van der Waals surface area contributed by atoms with Crippen LogP contribution in [0, 0.1) is 0 Å². The molecule has 0 aliphatic carbocycles. The fraction of sp³-hybridized carbons (Fsp3) is 0.125. The average molecular weight is 432 g/mol. The van der Waals surface area contributed by atoms with Crippen LogP contribution in [0.15, 0.2) is 102 Å². The van der Waals surface area contributed by atoms with Crippen LogP contribution in [0.1, 0.15) is 23.6 Å². The lowest BCUT2D eigenvalue weighted by Gasteiger charge is -2.35. The first-order valence-corrected chi connectivity index (χ1v) is 11.5. The minimum absolute atomic E-state index is 0.0918. The lowest BCUT2D eigenvalue weighted by molar-refractivity contribution is -0.109. The molecule has 0 saturated carbocycles. The van der Waals surface area contributed by atoms with Gasteiger partial charge in [0.25, 0.3) is 0 Å². The van der Waals surface area contributed by atoms with Gasteiger partial charge in [-0.05, 0) is 16.7 Å². The highest BCUT2D eigenvalue weighted by Crippen LogP contribution is 2.40. The van der Waals surface area contributed by atoms with E-state index in [-0.39, 0.29) is 5.12 Å². The van der Waals surface area contributed by atoms with Crippen molar-refractivity contribution in [2.24, 2.45) is 0 Å². The second kappa shape index (κ2) is 9.32. The van der Waals surface area contributed by atoms with E-state index in [9.17, 15) is 4.79 Å². The predicted octanol–water partition coefficient (Wildman–Crippen LogP) is 5.45. The number of carbonyl (C=O) groups is 1. The molecule has 6 heteroatoms. The van der Waals surface area contributed by atoms with Gasteiger partial charge in [-0.3, -0.25) is 4.79 Å². The van der Waals surface area contributed by atoms with Crippen LogP contribution in [0.4, 0.5) is 0 Å². The zero-order valence-electron chi connectivity index (χ0n) is 16.5. The standard InChI is InChI=1S/C24H21N3OS2/c1-19(28)29-18-30-23-25-17-27(26-23)24(20-11-5-2-6-12-20,21-13-7-3-8-14-21)22-15-9-4-10-16-22/h2-17H,18H2,1H3. The molecular formula is C24H21N3OS2. The fourth-order valence-electron chi connectivity index (χ4n) is 3.58. The summed E-state index contributed by atoms with van der Waals surface area (Å²) in [6.07, 6.45) is 1.79. The zero-order valence-corrected chi connectivity index (χ0v) is 18.1. The molecule has 0 saturated heterocycles. The van der Waals surface area contributed by atoms with E-state index in [1.165, 1.54) is 23.5 Å². The molecule has 0 atom stereocenters. The quantitative estimate of drug-likeness (QED) is 0.221. The number of nitrogens with zero attached hydrogens (tertiary/aromatic N) is 3. The van der Waals surface area contributed by atoms with E-state index >= 15 is 0 Å².